The molecule has 2 aromatic carbocycles. The van der Waals surface area contributed by atoms with Crippen molar-refractivity contribution < 1.29 is 14.2 Å². The van der Waals surface area contributed by atoms with Crippen LogP contribution in [0, 0.1) is 0 Å². The van der Waals surface area contributed by atoms with Crippen molar-refractivity contribution in [2.75, 3.05) is 47.0 Å². The Morgan fingerprint density at radius 1 is 1.04 bits per heavy atom. The molecule has 1 heterocycles. The van der Waals surface area contributed by atoms with Crippen molar-refractivity contribution in [1.82, 2.24) is 10.2 Å². The summed E-state index contributed by atoms with van der Waals surface area (Å²) in [6.45, 7) is 6.30. The second-order valence-electron chi connectivity index (χ2n) is 6.39. The minimum Gasteiger partial charge on any atom is -0.494 e. The third kappa shape index (κ3) is 4.32. The molecule has 1 aliphatic rings. The fourth-order valence-electron chi connectivity index (χ4n) is 3.65. The van der Waals surface area contributed by atoms with E-state index in [0.717, 1.165) is 54.6 Å². The summed E-state index contributed by atoms with van der Waals surface area (Å²) in [7, 11) is 3.34. The Kier molecular flexibility index (Phi) is 6.83. The predicted octanol–water partition coefficient (Wildman–Crippen LogP) is 3.75. The lowest BCUT2D eigenvalue weighted by Gasteiger charge is -2.37. The number of halogens is 1. The van der Waals surface area contributed by atoms with E-state index in [1.54, 1.807) is 14.2 Å². The number of piperazine rings is 1. The second kappa shape index (κ2) is 9.31. The molecule has 0 amide bonds. The van der Waals surface area contributed by atoms with Gasteiger partial charge in [0.05, 0.1) is 26.9 Å². The van der Waals surface area contributed by atoms with Crippen LogP contribution in [-0.2, 0) is 0 Å². The lowest BCUT2D eigenvalue weighted by Crippen LogP contribution is -2.45. The molecule has 146 valence electrons. The first kappa shape index (κ1) is 19.8. The molecule has 1 unspecified atom stereocenters. The highest BCUT2D eigenvalue weighted by atomic mass is 35.5. The van der Waals surface area contributed by atoms with Gasteiger partial charge in [0, 0.05) is 42.3 Å². The van der Waals surface area contributed by atoms with Gasteiger partial charge in [0.1, 0.15) is 5.75 Å². The third-order valence-electron chi connectivity index (χ3n) is 4.81. The van der Waals surface area contributed by atoms with E-state index in [1.165, 1.54) is 0 Å². The highest BCUT2D eigenvalue weighted by molar-refractivity contribution is 6.30. The van der Waals surface area contributed by atoms with Gasteiger partial charge in [-0.2, -0.15) is 0 Å². The molecule has 0 radical (unpaired) electrons. The van der Waals surface area contributed by atoms with Crippen LogP contribution in [0.1, 0.15) is 24.1 Å². The fourth-order valence-corrected chi connectivity index (χ4v) is 3.83. The van der Waals surface area contributed by atoms with Gasteiger partial charge in [-0.25, -0.2) is 0 Å². The molecule has 1 atom stereocenters. The summed E-state index contributed by atoms with van der Waals surface area (Å²) < 4.78 is 17.2. The molecule has 0 bridgehead atoms. The Labute approximate surface area is 166 Å². The van der Waals surface area contributed by atoms with Crippen LogP contribution in [0.3, 0.4) is 0 Å². The van der Waals surface area contributed by atoms with Crippen molar-refractivity contribution in [3.63, 3.8) is 0 Å². The van der Waals surface area contributed by atoms with Crippen molar-refractivity contribution in [2.24, 2.45) is 0 Å². The number of nitrogens with one attached hydrogen (secondary N) is 1. The van der Waals surface area contributed by atoms with E-state index in [4.69, 9.17) is 25.8 Å². The summed E-state index contributed by atoms with van der Waals surface area (Å²) in [5, 5.41) is 4.11. The molecule has 2 aromatic rings. The van der Waals surface area contributed by atoms with E-state index < -0.39 is 0 Å². The number of rotatable bonds is 7. The first-order chi connectivity index (χ1) is 13.2. The van der Waals surface area contributed by atoms with Crippen LogP contribution >= 0.6 is 11.6 Å². The average Bonchev–Trinajstić information content (AvgIpc) is 2.71. The molecule has 0 aromatic heterocycles. The smallest absolute Gasteiger partial charge is 0.165 e. The summed E-state index contributed by atoms with van der Waals surface area (Å²) in [5.41, 5.74) is 2.08. The van der Waals surface area contributed by atoms with Gasteiger partial charge in [-0.05, 0) is 31.2 Å². The Balaban J connectivity index is 2.18. The summed E-state index contributed by atoms with van der Waals surface area (Å²) in [6, 6.07) is 11.8. The highest BCUT2D eigenvalue weighted by Crippen LogP contribution is 2.43. The molecule has 0 saturated carbocycles. The van der Waals surface area contributed by atoms with Crippen LogP contribution < -0.4 is 19.5 Å². The highest BCUT2D eigenvalue weighted by Gasteiger charge is 2.30. The van der Waals surface area contributed by atoms with Gasteiger partial charge in [-0.15, -0.1) is 0 Å². The largest absolute Gasteiger partial charge is 0.494 e. The number of hydrogen-bond donors (Lipinski definition) is 1. The summed E-state index contributed by atoms with van der Waals surface area (Å²) >= 11 is 6.38. The van der Waals surface area contributed by atoms with E-state index >= 15 is 0 Å². The summed E-state index contributed by atoms with van der Waals surface area (Å²) in [4.78, 5) is 2.43. The van der Waals surface area contributed by atoms with E-state index in [9.17, 15) is 0 Å². The molecule has 1 fully saturated rings. The van der Waals surface area contributed by atoms with Gasteiger partial charge in [-0.3, -0.25) is 4.90 Å². The number of benzene rings is 2. The first-order valence-electron chi connectivity index (χ1n) is 9.27. The van der Waals surface area contributed by atoms with Crippen molar-refractivity contribution in [1.29, 1.82) is 0 Å². The Bertz CT molecular complexity index is 763. The van der Waals surface area contributed by atoms with Gasteiger partial charge in [0.25, 0.3) is 0 Å². The SMILES string of the molecule is CCOc1ccc(Cl)cc1C(c1cccc(OC)c1OC)N1CCNCC1. The third-order valence-corrected chi connectivity index (χ3v) is 5.05. The van der Waals surface area contributed by atoms with Crippen molar-refractivity contribution >= 4 is 11.6 Å². The normalized spacial score (nSPS) is 16.0. The molecule has 0 spiro atoms. The van der Waals surface area contributed by atoms with Gasteiger partial charge < -0.3 is 19.5 Å². The van der Waals surface area contributed by atoms with Crippen LogP contribution in [0.5, 0.6) is 17.2 Å². The van der Waals surface area contributed by atoms with Crippen LogP contribution in [0.25, 0.3) is 0 Å². The molecule has 1 saturated heterocycles. The molecule has 1 aliphatic heterocycles. The molecular weight excluding hydrogens is 364 g/mol. The van der Waals surface area contributed by atoms with Crippen LogP contribution in [0.2, 0.25) is 5.02 Å². The van der Waals surface area contributed by atoms with E-state index in [0.29, 0.717) is 11.6 Å². The van der Waals surface area contributed by atoms with Gasteiger partial charge in [0.15, 0.2) is 11.5 Å². The number of nitrogens with zero attached hydrogens (tertiary/aromatic N) is 1. The zero-order valence-electron chi connectivity index (χ0n) is 16.1. The van der Waals surface area contributed by atoms with Crippen molar-refractivity contribution in [2.45, 2.75) is 13.0 Å². The van der Waals surface area contributed by atoms with Gasteiger partial charge >= 0.3 is 0 Å². The molecule has 1 N–H and O–H groups in total. The lowest BCUT2D eigenvalue weighted by atomic mass is 9.94. The Morgan fingerprint density at radius 2 is 1.81 bits per heavy atom. The van der Waals surface area contributed by atoms with Gasteiger partial charge in [0.2, 0.25) is 0 Å². The molecule has 27 heavy (non-hydrogen) atoms. The monoisotopic (exact) mass is 390 g/mol. The number of para-hydroxylation sites is 1. The zero-order chi connectivity index (χ0) is 19.2. The minimum absolute atomic E-state index is 0.0441. The molecular formula is C21H27ClN2O3. The number of methoxy groups -OCH3 is 2. The average molecular weight is 391 g/mol. The molecule has 0 aliphatic carbocycles. The molecule has 3 rings (SSSR count). The first-order valence-corrected chi connectivity index (χ1v) is 9.65. The molecule has 6 heteroatoms. The second-order valence-corrected chi connectivity index (χ2v) is 6.82. The van der Waals surface area contributed by atoms with E-state index in [1.807, 2.05) is 37.3 Å². The maximum atomic E-state index is 6.38. The van der Waals surface area contributed by atoms with Crippen LogP contribution in [-0.4, -0.2) is 51.9 Å². The van der Waals surface area contributed by atoms with Gasteiger partial charge in [-0.1, -0.05) is 23.7 Å². The van der Waals surface area contributed by atoms with Crippen LogP contribution in [0.4, 0.5) is 0 Å². The van der Waals surface area contributed by atoms with Crippen molar-refractivity contribution in [3.8, 4) is 17.2 Å². The Hall–Kier alpha value is -1.95. The number of ether oxygens (including phenoxy) is 3. The van der Waals surface area contributed by atoms with E-state index in [-0.39, 0.29) is 6.04 Å². The van der Waals surface area contributed by atoms with Crippen LogP contribution in [0.15, 0.2) is 36.4 Å². The maximum Gasteiger partial charge on any atom is 0.165 e. The minimum atomic E-state index is -0.0441. The summed E-state index contributed by atoms with van der Waals surface area (Å²) in [6.07, 6.45) is 0. The quantitative estimate of drug-likeness (QED) is 0.779. The lowest BCUT2D eigenvalue weighted by molar-refractivity contribution is 0.190. The maximum absolute atomic E-state index is 6.38. The summed E-state index contributed by atoms with van der Waals surface area (Å²) in [5.74, 6) is 2.30. The van der Waals surface area contributed by atoms with E-state index in [2.05, 4.69) is 16.3 Å². The predicted molar refractivity (Wildman–Crippen MR) is 108 cm³/mol. The topological polar surface area (TPSA) is 43.0 Å². The fraction of sp³-hybridized carbons (Fsp3) is 0.429. The Morgan fingerprint density at radius 3 is 2.48 bits per heavy atom. The number of hydrogen-bond acceptors (Lipinski definition) is 5. The van der Waals surface area contributed by atoms with Crippen molar-refractivity contribution in [3.05, 3.63) is 52.5 Å². The standard InChI is InChI=1S/C21H27ClN2O3/c1-4-27-18-9-8-15(22)14-17(18)20(24-12-10-23-11-13-24)16-6-5-7-19(25-2)21(16)26-3/h5-9,14,20,23H,4,10-13H2,1-3H3. The zero-order valence-corrected chi connectivity index (χ0v) is 16.9. The molecule has 5 nitrogen and oxygen atoms in total.